The summed E-state index contributed by atoms with van der Waals surface area (Å²) in [4.78, 5) is 40.3. The average Bonchev–Trinajstić information content (AvgIpc) is 3.39. The highest BCUT2D eigenvalue weighted by molar-refractivity contribution is 6.39. The van der Waals surface area contributed by atoms with Gasteiger partial charge < -0.3 is 25.0 Å². The molecule has 3 N–H and O–H groups in total. The Labute approximate surface area is 282 Å². The zero-order valence-electron chi connectivity index (χ0n) is 26.3. The van der Waals surface area contributed by atoms with E-state index in [2.05, 4.69) is 30.5 Å². The molecule has 0 fully saturated rings. The van der Waals surface area contributed by atoms with Gasteiger partial charge >= 0.3 is 5.97 Å². The number of pyridine rings is 2. The van der Waals surface area contributed by atoms with E-state index >= 15 is 0 Å². The highest BCUT2D eigenvalue weighted by Crippen LogP contribution is 2.40. The second kappa shape index (κ2) is 15.2. The van der Waals surface area contributed by atoms with Gasteiger partial charge in [-0.25, -0.2) is 9.97 Å². The van der Waals surface area contributed by atoms with E-state index in [9.17, 15) is 14.0 Å². The summed E-state index contributed by atoms with van der Waals surface area (Å²) in [6, 6.07) is 10.4. The van der Waals surface area contributed by atoms with Gasteiger partial charge in [0.2, 0.25) is 5.88 Å². The number of methoxy groups -OCH3 is 1. The van der Waals surface area contributed by atoms with Crippen LogP contribution in [-0.4, -0.2) is 74.3 Å². The molecule has 0 bridgehead atoms. The van der Waals surface area contributed by atoms with Gasteiger partial charge in [-0.1, -0.05) is 41.4 Å². The molecule has 0 unspecified atom stereocenters. The van der Waals surface area contributed by atoms with Crippen LogP contribution in [0.25, 0.3) is 22.5 Å². The molecule has 3 aromatic heterocycles. The number of carboxylic acid groups (broad SMARTS) is 1. The molecule has 0 saturated carbocycles. The lowest BCUT2D eigenvalue weighted by Crippen LogP contribution is -2.32. The Bertz CT molecular complexity index is 1780. The van der Waals surface area contributed by atoms with Crippen LogP contribution in [0.15, 0.2) is 42.6 Å². The molecule has 4 heterocycles. The molecule has 0 spiro atoms. The first-order valence-corrected chi connectivity index (χ1v) is 15.9. The molecule has 1 amide bonds. The number of rotatable bonds is 13. The van der Waals surface area contributed by atoms with E-state index in [0.29, 0.717) is 65.2 Å². The number of alkyl halides is 1. The van der Waals surface area contributed by atoms with Crippen molar-refractivity contribution in [3.05, 3.63) is 75.4 Å². The van der Waals surface area contributed by atoms with Crippen molar-refractivity contribution in [2.45, 2.75) is 45.3 Å². The van der Waals surface area contributed by atoms with Gasteiger partial charge in [0.15, 0.2) is 5.82 Å². The summed E-state index contributed by atoms with van der Waals surface area (Å²) in [5, 5.41) is 15.6. The SMILES string of the molecule is COc1nc(-c2ccnc(-c3cccc(NC(=O)c4nc5c(n4C)CCN(CCCF)C5)c3Cl)c2Cl)ccc1CN[C@@H](C)CC(=O)O. The van der Waals surface area contributed by atoms with Crippen LogP contribution in [0.3, 0.4) is 0 Å². The predicted molar refractivity (Wildman–Crippen MR) is 179 cm³/mol. The van der Waals surface area contributed by atoms with Crippen molar-refractivity contribution in [2.75, 3.05) is 32.2 Å². The number of carbonyl (C=O) groups excluding carboxylic acids is 1. The second-order valence-electron chi connectivity index (χ2n) is 11.3. The van der Waals surface area contributed by atoms with Crippen LogP contribution in [0.1, 0.15) is 47.3 Å². The van der Waals surface area contributed by atoms with E-state index in [1.54, 1.807) is 48.0 Å². The van der Waals surface area contributed by atoms with Crippen molar-refractivity contribution < 1.29 is 23.8 Å². The fraction of sp³-hybridized carbons (Fsp3) is 0.364. The number of ether oxygens (including phenoxy) is 1. The Morgan fingerprint density at radius 2 is 1.94 bits per heavy atom. The summed E-state index contributed by atoms with van der Waals surface area (Å²) < 4.78 is 20.0. The van der Waals surface area contributed by atoms with E-state index in [-0.39, 0.29) is 30.0 Å². The third kappa shape index (κ3) is 7.73. The number of fused-ring (bicyclic) bond motifs is 1. The number of amides is 1. The highest BCUT2D eigenvalue weighted by Gasteiger charge is 2.26. The molecule has 0 aliphatic carbocycles. The smallest absolute Gasteiger partial charge is 0.304 e. The van der Waals surface area contributed by atoms with Crippen molar-refractivity contribution in [3.63, 3.8) is 0 Å². The Kier molecular flexibility index (Phi) is 11.1. The molecule has 4 aromatic rings. The first-order chi connectivity index (χ1) is 22.6. The molecule has 14 heteroatoms. The van der Waals surface area contributed by atoms with Gasteiger partial charge in [-0.15, -0.1) is 0 Å². The van der Waals surface area contributed by atoms with Crippen LogP contribution in [0.4, 0.5) is 10.1 Å². The third-order valence-electron chi connectivity index (χ3n) is 8.07. The third-order valence-corrected chi connectivity index (χ3v) is 8.86. The summed E-state index contributed by atoms with van der Waals surface area (Å²) in [5.41, 5.74) is 4.99. The predicted octanol–water partition coefficient (Wildman–Crippen LogP) is 5.78. The maximum atomic E-state index is 13.4. The summed E-state index contributed by atoms with van der Waals surface area (Å²) in [7, 11) is 3.33. The normalized spacial score (nSPS) is 13.7. The zero-order valence-corrected chi connectivity index (χ0v) is 27.8. The Hall–Kier alpha value is -4.10. The topological polar surface area (TPSA) is 134 Å². The first-order valence-electron chi connectivity index (χ1n) is 15.2. The van der Waals surface area contributed by atoms with E-state index in [1.165, 1.54) is 7.11 Å². The minimum atomic E-state index is -0.882. The number of nitrogens with one attached hydrogen (secondary N) is 2. The zero-order chi connectivity index (χ0) is 33.7. The fourth-order valence-electron chi connectivity index (χ4n) is 5.63. The lowest BCUT2D eigenvalue weighted by molar-refractivity contribution is -0.137. The van der Waals surface area contributed by atoms with Crippen molar-refractivity contribution in [3.8, 4) is 28.4 Å². The molecule has 0 saturated heterocycles. The molecule has 5 rings (SSSR count). The second-order valence-corrected chi connectivity index (χ2v) is 12.1. The number of carbonyl (C=O) groups is 2. The van der Waals surface area contributed by atoms with E-state index < -0.39 is 11.9 Å². The molecular weight excluding hydrogens is 648 g/mol. The molecule has 1 atom stereocenters. The fourth-order valence-corrected chi connectivity index (χ4v) is 6.20. The summed E-state index contributed by atoms with van der Waals surface area (Å²) in [5.74, 6) is -0.657. The van der Waals surface area contributed by atoms with Crippen molar-refractivity contribution in [1.82, 2.24) is 29.7 Å². The lowest BCUT2D eigenvalue weighted by Gasteiger charge is -2.26. The number of anilines is 1. The maximum Gasteiger partial charge on any atom is 0.304 e. The Morgan fingerprint density at radius 1 is 1.13 bits per heavy atom. The van der Waals surface area contributed by atoms with Crippen LogP contribution in [0.5, 0.6) is 5.88 Å². The quantitative estimate of drug-likeness (QED) is 0.160. The average molecular weight is 685 g/mol. The van der Waals surface area contributed by atoms with Crippen LogP contribution < -0.4 is 15.4 Å². The van der Waals surface area contributed by atoms with Gasteiger partial charge in [0.05, 0.1) is 53.0 Å². The molecule has 47 heavy (non-hydrogen) atoms. The van der Waals surface area contributed by atoms with Gasteiger partial charge in [0.25, 0.3) is 5.91 Å². The van der Waals surface area contributed by atoms with Crippen molar-refractivity contribution >= 4 is 40.8 Å². The minimum absolute atomic E-state index is 0.0100. The molecule has 1 aromatic carbocycles. The number of hydrogen-bond acceptors (Lipinski definition) is 8. The number of nitrogens with zero attached hydrogens (tertiary/aromatic N) is 5. The van der Waals surface area contributed by atoms with Crippen LogP contribution >= 0.6 is 23.2 Å². The van der Waals surface area contributed by atoms with E-state index in [4.69, 9.17) is 33.0 Å². The number of imidazole rings is 1. The van der Waals surface area contributed by atoms with Gasteiger partial charge in [-0.05, 0) is 31.5 Å². The standard InChI is InChI=1S/C33H36Cl2FN7O4/c1-19(16-27(44)45)38-17-20-8-9-23(41-33(20)47-3)21-10-13-37-30(29(21)35)22-6-4-7-24(28(22)34)40-32(46)31-39-25-18-43(14-5-12-36)15-11-26(25)42(31)2/h4,6-10,13,19,38H,5,11-12,14-18H2,1-3H3,(H,40,46)(H,44,45)/t19-/m0/s1. The largest absolute Gasteiger partial charge is 0.481 e. The summed E-state index contributed by atoms with van der Waals surface area (Å²) >= 11 is 13.8. The van der Waals surface area contributed by atoms with Crippen LogP contribution in [0, 0.1) is 0 Å². The van der Waals surface area contributed by atoms with E-state index in [0.717, 1.165) is 29.9 Å². The monoisotopic (exact) mass is 683 g/mol. The number of halogens is 3. The Morgan fingerprint density at radius 3 is 2.68 bits per heavy atom. The number of benzene rings is 1. The number of aromatic nitrogens is 4. The van der Waals surface area contributed by atoms with E-state index in [1.807, 2.05) is 13.1 Å². The van der Waals surface area contributed by atoms with Gasteiger partial charge in [0, 0.05) is 74.3 Å². The van der Waals surface area contributed by atoms with Gasteiger partial charge in [-0.3, -0.25) is 23.9 Å². The first kappa shape index (κ1) is 34.2. The van der Waals surface area contributed by atoms with Crippen LogP contribution in [-0.2, 0) is 31.4 Å². The van der Waals surface area contributed by atoms with Gasteiger partial charge in [0.1, 0.15) is 0 Å². The molecule has 0 radical (unpaired) electrons. The molecular formula is C33H36Cl2FN7O4. The van der Waals surface area contributed by atoms with Gasteiger partial charge in [-0.2, -0.15) is 0 Å². The molecule has 1 aliphatic heterocycles. The molecule has 1 aliphatic rings. The van der Waals surface area contributed by atoms with Crippen molar-refractivity contribution in [1.29, 1.82) is 0 Å². The number of carboxylic acids is 1. The molecule has 11 nitrogen and oxygen atoms in total. The number of aliphatic carboxylic acids is 1. The summed E-state index contributed by atoms with van der Waals surface area (Å²) in [6.45, 7) is 3.80. The van der Waals surface area contributed by atoms with Crippen molar-refractivity contribution in [2.24, 2.45) is 7.05 Å². The number of hydrogen-bond donors (Lipinski definition) is 3. The Balaban J connectivity index is 1.37. The highest BCUT2D eigenvalue weighted by atomic mass is 35.5. The minimum Gasteiger partial charge on any atom is -0.481 e. The maximum absolute atomic E-state index is 13.4. The summed E-state index contributed by atoms with van der Waals surface area (Å²) in [6.07, 6.45) is 2.79. The molecule has 248 valence electrons. The van der Waals surface area contributed by atoms with Crippen LogP contribution in [0.2, 0.25) is 10.0 Å². The lowest BCUT2D eigenvalue weighted by atomic mass is 10.1.